The van der Waals surface area contributed by atoms with Gasteiger partial charge in [-0.25, -0.2) is 0 Å². The van der Waals surface area contributed by atoms with Gasteiger partial charge in [-0.15, -0.1) is 0 Å². The number of aromatic nitrogens is 2. The summed E-state index contributed by atoms with van der Waals surface area (Å²) in [5.74, 6) is 1.21. The van der Waals surface area contributed by atoms with Crippen molar-refractivity contribution in [3.05, 3.63) is 42.2 Å². The Morgan fingerprint density at radius 3 is 2.78 bits per heavy atom. The molecule has 0 amide bonds. The first-order valence-electron chi connectivity index (χ1n) is 5.64. The smallest absolute Gasteiger partial charge is 0.234 e. The summed E-state index contributed by atoms with van der Waals surface area (Å²) in [6.07, 6.45) is 3.27. The van der Waals surface area contributed by atoms with E-state index in [9.17, 15) is 0 Å². The minimum Gasteiger partial charge on any atom is -0.480 e. The van der Waals surface area contributed by atoms with Gasteiger partial charge in [0.15, 0.2) is 5.82 Å². The Morgan fingerprint density at radius 2 is 2.06 bits per heavy atom. The second kappa shape index (κ2) is 5.46. The molecule has 0 spiro atoms. The molecule has 1 aromatic heterocycles. The van der Waals surface area contributed by atoms with Crippen LogP contribution in [0.4, 0.5) is 11.5 Å². The van der Waals surface area contributed by atoms with Crippen LogP contribution in [0.5, 0.6) is 5.88 Å². The Kier molecular flexibility index (Phi) is 3.74. The molecule has 0 atom stereocenters. The predicted octanol–water partition coefficient (Wildman–Crippen LogP) is 1.71. The molecule has 0 aliphatic heterocycles. The molecule has 5 heteroatoms. The average molecular weight is 244 g/mol. The Hall–Kier alpha value is -2.14. The number of hydrogen-bond donors (Lipinski definition) is 1. The number of para-hydroxylation sites is 1. The van der Waals surface area contributed by atoms with E-state index in [1.54, 1.807) is 19.5 Å². The third-order valence-electron chi connectivity index (χ3n) is 2.73. The first-order chi connectivity index (χ1) is 8.76. The second-order valence-corrected chi connectivity index (χ2v) is 3.81. The van der Waals surface area contributed by atoms with Crippen LogP contribution in [0.3, 0.4) is 0 Å². The quantitative estimate of drug-likeness (QED) is 0.887. The maximum Gasteiger partial charge on any atom is 0.234 e. The van der Waals surface area contributed by atoms with Crippen LogP contribution in [0.1, 0.15) is 5.56 Å². The molecule has 0 radical (unpaired) electrons. The molecule has 2 rings (SSSR count). The third kappa shape index (κ3) is 2.41. The van der Waals surface area contributed by atoms with E-state index in [0.29, 0.717) is 12.4 Å². The monoisotopic (exact) mass is 244 g/mol. The van der Waals surface area contributed by atoms with Crippen molar-refractivity contribution in [1.29, 1.82) is 0 Å². The van der Waals surface area contributed by atoms with E-state index in [-0.39, 0.29) is 0 Å². The number of nitrogens with two attached hydrogens (primary N) is 1. The number of ether oxygens (including phenoxy) is 1. The van der Waals surface area contributed by atoms with Gasteiger partial charge >= 0.3 is 0 Å². The fraction of sp³-hybridized carbons (Fsp3) is 0.231. The summed E-state index contributed by atoms with van der Waals surface area (Å²) in [7, 11) is 3.50. The van der Waals surface area contributed by atoms with E-state index in [1.807, 2.05) is 36.2 Å². The van der Waals surface area contributed by atoms with E-state index in [2.05, 4.69) is 9.97 Å². The van der Waals surface area contributed by atoms with Crippen LogP contribution in [0.15, 0.2) is 36.7 Å². The molecule has 0 aliphatic carbocycles. The summed E-state index contributed by atoms with van der Waals surface area (Å²) in [6.45, 7) is 0.484. The maximum absolute atomic E-state index is 5.74. The van der Waals surface area contributed by atoms with Gasteiger partial charge in [0.1, 0.15) is 0 Å². The number of rotatable bonds is 4. The topological polar surface area (TPSA) is 64.3 Å². The molecule has 94 valence electrons. The highest BCUT2D eigenvalue weighted by atomic mass is 16.5. The van der Waals surface area contributed by atoms with Crippen LogP contribution in [-0.4, -0.2) is 24.1 Å². The van der Waals surface area contributed by atoms with Crippen molar-refractivity contribution in [3.8, 4) is 5.88 Å². The maximum atomic E-state index is 5.74. The van der Waals surface area contributed by atoms with Crippen molar-refractivity contribution in [3.63, 3.8) is 0 Å². The summed E-state index contributed by atoms with van der Waals surface area (Å²) in [6, 6.07) is 7.94. The zero-order valence-electron chi connectivity index (χ0n) is 10.5. The summed E-state index contributed by atoms with van der Waals surface area (Å²) in [5, 5.41) is 0. The van der Waals surface area contributed by atoms with Crippen molar-refractivity contribution in [2.24, 2.45) is 5.73 Å². The molecule has 2 N–H and O–H groups in total. The molecule has 0 aliphatic rings. The molecular formula is C13H16N4O. The van der Waals surface area contributed by atoms with Crippen molar-refractivity contribution < 1.29 is 4.74 Å². The lowest BCUT2D eigenvalue weighted by Crippen LogP contribution is -2.15. The SMILES string of the molecule is COc1cncc(N(C)c2ccccc2CN)n1. The van der Waals surface area contributed by atoms with Gasteiger partial charge in [0.05, 0.1) is 19.5 Å². The summed E-state index contributed by atoms with van der Waals surface area (Å²) in [5.41, 5.74) is 7.81. The Balaban J connectivity index is 2.37. The number of methoxy groups -OCH3 is 1. The van der Waals surface area contributed by atoms with Gasteiger partial charge < -0.3 is 15.4 Å². The number of anilines is 2. The van der Waals surface area contributed by atoms with E-state index in [1.165, 1.54) is 0 Å². The highest BCUT2D eigenvalue weighted by molar-refractivity contribution is 5.62. The van der Waals surface area contributed by atoms with E-state index < -0.39 is 0 Å². The van der Waals surface area contributed by atoms with Crippen LogP contribution in [-0.2, 0) is 6.54 Å². The molecule has 0 bridgehead atoms. The molecule has 0 saturated carbocycles. The van der Waals surface area contributed by atoms with Crippen LogP contribution in [0, 0.1) is 0 Å². The number of hydrogen-bond acceptors (Lipinski definition) is 5. The van der Waals surface area contributed by atoms with Gasteiger partial charge in [-0.05, 0) is 11.6 Å². The molecular weight excluding hydrogens is 228 g/mol. The molecule has 0 saturated heterocycles. The largest absolute Gasteiger partial charge is 0.480 e. The van der Waals surface area contributed by atoms with E-state index >= 15 is 0 Å². The fourth-order valence-electron chi connectivity index (χ4n) is 1.73. The van der Waals surface area contributed by atoms with Crippen LogP contribution in [0.25, 0.3) is 0 Å². The Labute approximate surface area is 106 Å². The van der Waals surface area contributed by atoms with Gasteiger partial charge in [-0.3, -0.25) is 4.98 Å². The van der Waals surface area contributed by atoms with Crippen LogP contribution in [0.2, 0.25) is 0 Å². The van der Waals surface area contributed by atoms with Gasteiger partial charge in [-0.2, -0.15) is 4.98 Å². The molecule has 0 unspecified atom stereocenters. The van der Waals surface area contributed by atoms with Gasteiger partial charge in [-0.1, -0.05) is 18.2 Å². The fourth-order valence-corrected chi connectivity index (χ4v) is 1.73. The standard InChI is InChI=1S/C13H16N4O/c1-17(11-6-4-3-5-10(11)7-14)12-8-15-9-13(16-12)18-2/h3-6,8-9H,7,14H2,1-2H3. The van der Waals surface area contributed by atoms with Crippen molar-refractivity contribution in [2.75, 3.05) is 19.1 Å². The summed E-state index contributed by atoms with van der Waals surface area (Å²) < 4.78 is 5.07. The molecule has 1 aromatic carbocycles. The van der Waals surface area contributed by atoms with Gasteiger partial charge in [0.25, 0.3) is 0 Å². The zero-order chi connectivity index (χ0) is 13.0. The lowest BCUT2D eigenvalue weighted by atomic mass is 10.1. The summed E-state index contributed by atoms with van der Waals surface area (Å²) in [4.78, 5) is 10.4. The Bertz CT molecular complexity index is 530. The van der Waals surface area contributed by atoms with Crippen LogP contribution < -0.4 is 15.4 Å². The number of nitrogens with zero attached hydrogens (tertiary/aromatic N) is 3. The number of benzene rings is 1. The third-order valence-corrected chi connectivity index (χ3v) is 2.73. The van der Waals surface area contributed by atoms with Gasteiger partial charge in [0, 0.05) is 19.3 Å². The second-order valence-electron chi connectivity index (χ2n) is 3.81. The average Bonchev–Trinajstić information content (AvgIpc) is 2.46. The molecule has 5 nitrogen and oxygen atoms in total. The first-order valence-corrected chi connectivity index (χ1v) is 5.64. The lowest BCUT2D eigenvalue weighted by molar-refractivity contribution is 0.396. The van der Waals surface area contributed by atoms with E-state index in [4.69, 9.17) is 10.5 Å². The zero-order valence-corrected chi connectivity index (χ0v) is 10.5. The minimum atomic E-state index is 0.484. The highest BCUT2D eigenvalue weighted by Gasteiger charge is 2.10. The Morgan fingerprint density at radius 1 is 1.28 bits per heavy atom. The molecule has 1 heterocycles. The summed E-state index contributed by atoms with van der Waals surface area (Å²) >= 11 is 0. The normalized spacial score (nSPS) is 10.2. The molecule has 2 aromatic rings. The van der Waals surface area contributed by atoms with Crippen molar-refractivity contribution in [2.45, 2.75) is 6.54 Å². The minimum absolute atomic E-state index is 0.484. The van der Waals surface area contributed by atoms with Crippen LogP contribution >= 0.6 is 0 Å². The lowest BCUT2D eigenvalue weighted by Gasteiger charge is -2.21. The molecule has 18 heavy (non-hydrogen) atoms. The van der Waals surface area contributed by atoms with E-state index in [0.717, 1.165) is 17.1 Å². The van der Waals surface area contributed by atoms with Gasteiger partial charge in [0.2, 0.25) is 5.88 Å². The molecule has 0 fully saturated rings. The van der Waals surface area contributed by atoms with Crippen molar-refractivity contribution in [1.82, 2.24) is 9.97 Å². The highest BCUT2D eigenvalue weighted by Crippen LogP contribution is 2.25. The predicted molar refractivity (Wildman–Crippen MR) is 71.0 cm³/mol. The van der Waals surface area contributed by atoms with Crippen molar-refractivity contribution >= 4 is 11.5 Å². The first kappa shape index (κ1) is 12.3.